The van der Waals surface area contributed by atoms with E-state index < -0.39 is 0 Å². The predicted molar refractivity (Wildman–Crippen MR) is 65.9 cm³/mol. The number of benzene rings is 1. The largest absolute Gasteiger partial charge is 0.347 e. The van der Waals surface area contributed by atoms with Gasteiger partial charge in [0.25, 0.3) is 0 Å². The molecule has 0 N–H and O–H groups in total. The Bertz CT molecular complexity index is 575. The van der Waals surface area contributed by atoms with Crippen molar-refractivity contribution >= 4 is 10.9 Å². The summed E-state index contributed by atoms with van der Waals surface area (Å²) in [6, 6.07) is 8.97. The van der Waals surface area contributed by atoms with E-state index in [1.807, 2.05) is 26.1 Å². The van der Waals surface area contributed by atoms with Crippen molar-refractivity contribution in [3.05, 3.63) is 36.3 Å². The molecule has 17 heavy (non-hydrogen) atoms. The van der Waals surface area contributed by atoms with Crippen LogP contribution in [-0.4, -0.2) is 4.57 Å². The number of nitriles is 1. The van der Waals surface area contributed by atoms with Crippen molar-refractivity contribution in [2.45, 2.75) is 26.8 Å². The summed E-state index contributed by atoms with van der Waals surface area (Å²) in [5.74, 6) is -0.215. The molecule has 2 rings (SSSR count). The molecule has 0 fully saturated rings. The number of aryl methyl sites for hydroxylation is 1. The minimum atomic E-state index is -0.323. The van der Waals surface area contributed by atoms with Gasteiger partial charge in [0.15, 0.2) is 0 Å². The SMILES string of the molecule is CC(C)(C#N)CCn1ccc2cc(F)ccc21. The van der Waals surface area contributed by atoms with Crippen LogP contribution in [-0.2, 0) is 6.54 Å². The molecule has 0 aliphatic heterocycles. The molecule has 0 atom stereocenters. The molecule has 1 aromatic carbocycles. The fourth-order valence-corrected chi connectivity index (χ4v) is 1.82. The number of hydrogen-bond acceptors (Lipinski definition) is 1. The molecule has 0 saturated heterocycles. The van der Waals surface area contributed by atoms with Crippen LogP contribution in [0, 0.1) is 22.6 Å². The fraction of sp³-hybridized carbons (Fsp3) is 0.357. The van der Waals surface area contributed by atoms with Crippen LogP contribution in [0.4, 0.5) is 4.39 Å². The van der Waals surface area contributed by atoms with Gasteiger partial charge in [0.1, 0.15) is 5.82 Å². The van der Waals surface area contributed by atoms with Gasteiger partial charge in [-0.2, -0.15) is 5.26 Å². The van der Waals surface area contributed by atoms with Gasteiger partial charge in [-0.25, -0.2) is 4.39 Å². The Kier molecular flexibility index (Phi) is 2.89. The van der Waals surface area contributed by atoms with E-state index in [0.29, 0.717) is 0 Å². The Morgan fingerprint density at radius 1 is 1.35 bits per heavy atom. The van der Waals surface area contributed by atoms with E-state index >= 15 is 0 Å². The van der Waals surface area contributed by atoms with E-state index in [4.69, 9.17) is 5.26 Å². The van der Waals surface area contributed by atoms with Crippen molar-refractivity contribution in [1.82, 2.24) is 4.57 Å². The smallest absolute Gasteiger partial charge is 0.123 e. The second kappa shape index (κ2) is 4.21. The summed E-state index contributed by atoms with van der Waals surface area (Å²) >= 11 is 0. The van der Waals surface area contributed by atoms with E-state index in [2.05, 4.69) is 10.6 Å². The molecule has 1 aromatic heterocycles. The summed E-state index contributed by atoms with van der Waals surface area (Å²) in [4.78, 5) is 0. The van der Waals surface area contributed by atoms with Gasteiger partial charge >= 0.3 is 0 Å². The molecule has 0 spiro atoms. The Balaban J connectivity index is 2.23. The molecular formula is C14H15FN2. The van der Waals surface area contributed by atoms with Gasteiger partial charge in [-0.15, -0.1) is 0 Å². The Morgan fingerprint density at radius 3 is 2.82 bits per heavy atom. The van der Waals surface area contributed by atoms with E-state index in [9.17, 15) is 4.39 Å². The molecular weight excluding hydrogens is 215 g/mol. The molecule has 2 aromatic rings. The molecule has 2 nitrogen and oxygen atoms in total. The topological polar surface area (TPSA) is 28.7 Å². The Hall–Kier alpha value is -1.82. The lowest BCUT2D eigenvalue weighted by Crippen LogP contribution is -2.11. The number of nitrogens with zero attached hydrogens (tertiary/aromatic N) is 2. The van der Waals surface area contributed by atoms with Crippen LogP contribution in [0.5, 0.6) is 0 Å². The van der Waals surface area contributed by atoms with Gasteiger partial charge in [-0.3, -0.25) is 0 Å². The lowest BCUT2D eigenvalue weighted by Gasteiger charge is -2.15. The highest BCUT2D eigenvalue weighted by Crippen LogP contribution is 2.22. The Labute approximate surface area is 100 Å². The minimum absolute atomic E-state index is 0.215. The fourth-order valence-electron chi connectivity index (χ4n) is 1.82. The van der Waals surface area contributed by atoms with Gasteiger partial charge in [-0.05, 0) is 44.5 Å². The van der Waals surface area contributed by atoms with Crippen molar-refractivity contribution in [2.24, 2.45) is 5.41 Å². The quantitative estimate of drug-likeness (QED) is 0.790. The van der Waals surface area contributed by atoms with Crippen molar-refractivity contribution in [3.63, 3.8) is 0 Å². The molecule has 88 valence electrons. The van der Waals surface area contributed by atoms with Gasteiger partial charge in [-0.1, -0.05) is 0 Å². The third-order valence-corrected chi connectivity index (χ3v) is 3.01. The van der Waals surface area contributed by atoms with E-state index in [-0.39, 0.29) is 11.2 Å². The zero-order chi connectivity index (χ0) is 12.5. The first-order valence-corrected chi connectivity index (χ1v) is 5.67. The van der Waals surface area contributed by atoms with Crippen LogP contribution in [0.3, 0.4) is 0 Å². The predicted octanol–water partition coefficient (Wildman–Crippen LogP) is 3.72. The van der Waals surface area contributed by atoms with E-state index in [1.54, 1.807) is 6.07 Å². The van der Waals surface area contributed by atoms with Gasteiger partial charge in [0.05, 0.1) is 11.5 Å². The summed E-state index contributed by atoms with van der Waals surface area (Å²) in [7, 11) is 0. The number of rotatable bonds is 3. The molecule has 0 aliphatic rings. The van der Waals surface area contributed by atoms with Gasteiger partial charge < -0.3 is 4.57 Å². The summed E-state index contributed by atoms with van der Waals surface area (Å²) in [5.41, 5.74) is 0.691. The first-order valence-electron chi connectivity index (χ1n) is 5.67. The second-order valence-electron chi connectivity index (χ2n) is 4.96. The number of halogens is 1. The summed E-state index contributed by atoms with van der Waals surface area (Å²) in [6.07, 6.45) is 2.72. The van der Waals surface area contributed by atoms with E-state index in [1.165, 1.54) is 12.1 Å². The summed E-state index contributed by atoms with van der Waals surface area (Å²) < 4.78 is 15.1. The first kappa shape index (κ1) is 11.7. The van der Waals surface area contributed by atoms with Gasteiger partial charge in [0, 0.05) is 23.6 Å². The molecule has 3 heteroatoms. The molecule has 1 heterocycles. The number of fused-ring (bicyclic) bond motifs is 1. The average molecular weight is 230 g/mol. The molecule has 0 aliphatic carbocycles. The van der Waals surface area contributed by atoms with Crippen LogP contribution in [0.15, 0.2) is 30.5 Å². The maximum absolute atomic E-state index is 13.0. The van der Waals surface area contributed by atoms with Crippen molar-refractivity contribution < 1.29 is 4.39 Å². The average Bonchev–Trinajstić information content (AvgIpc) is 2.69. The molecule has 0 amide bonds. The zero-order valence-corrected chi connectivity index (χ0v) is 10.1. The molecule has 0 bridgehead atoms. The third-order valence-electron chi connectivity index (χ3n) is 3.01. The maximum atomic E-state index is 13.0. The lowest BCUT2D eigenvalue weighted by molar-refractivity contribution is 0.417. The van der Waals surface area contributed by atoms with E-state index in [0.717, 1.165) is 23.9 Å². The molecule has 0 unspecified atom stereocenters. The molecule has 0 saturated carbocycles. The third kappa shape index (κ3) is 2.47. The number of aromatic nitrogens is 1. The highest BCUT2D eigenvalue weighted by atomic mass is 19.1. The highest BCUT2D eigenvalue weighted by molar-refractivity contribution is 5.80. The maximum Gasteiger partial charge on any atom is 0.123 e. The van der Waals surface area contributed by atoms with Crippen LogP contribution >= 0.6 is 0 Å². The zero-order valence-electron chi connectivity index (χ0n) is 10.1. The van der Waals surface area contributed by atoms with Crippen LogP contribution in [0.1, 0.15) is 20.3 Å². The van der Waals surface area contributed by atoms with Crippen molar-refractivity contribution in [2.75, 3.05) is 0 Å². The highest BCUT2D eigenvalue weighted by Gasteiger charge is 2.16. The monoisotopic (exact) mass is 230 g/mol. The van der Waals surface area contributed by atoms with Crippen molar-refractivity contribution in [1.29, 1.82) is 5.26 Å². The van der Waals surface area contributed by atoms with Crippen LogP contribution < -0.4 is 0 Å². The Morgan fingerprint density at radius 2 is 2.12 bits per heavy atom. The minimum Gasteiger partial charge on any atom is -0.347 e. The standard InChI is InChI=1S/C14H15FN2/c1-14(2,10-16)6-8-17-7-5-11-9-12(15)3-4-13(11)17/h3-5,7,9H,6,8H2,1-2H3. The summed E-state index contributed by atoms with van der Waals surface area (Å²) in [6.45, 7) is 4.63. The summed E-state index contributed by atoms with van der Waals surface area (Å²) in [5, 5.41) is 9.87. The number of hydrogen-bond donors (Lipinski definition) is 0. The lowest BCUT2D eigenvalue weighted by atomic mass is 9.91. The molecule has 0 radical (unpaired) electrons. The van der Waals surface area contributed by atoms with Crippen LogP contribution in [0.25, 0.3) is 10.9 Å². The van der Waals surface area contributed by atoms with Gasteiger partial charge in [0.2, 0.25) is 0 Å². The second-order valence-corrected chi connectivity index (χ2v) is 4.96. The van der Waals surface area contributed by atoms with Crippen LogP contribution in [0.2, 0.25) is 0 Å². The normalized spacial score (nSPS) is 11.6. The first-order chi connectivity index (χ1) is 8.02. The van der Waals surface area contributed by atoms with Crippen molar-refractivity contribution in [3.8, 4) is 6.07 Å².